The van der Waals surface area contributed by atoms with Crippen LogP contribution in [0.2, 0.25) is 0 Å². The number of nitrogens with zero attached hydrogens (tertiary/aromatic N) is 3. The van der Waals surface area contributed by atoms with E-state index >= 15 is 0 Å². The fraction of sp³-hybridized carbons (Fsp3) is 0.500. The Hall–Kier alpha value is -2.34. The Bertz CT molecular complexity index is 727. The summed E-state index contributed by atoms with van der Waals surface area (Å²) in [4.78, 5) is 14.4. The molecule has 1 fully saturated rings. The van der Waals surface area contributed by atoms with Crippen LogP contribution in [0.25, 0.3) is 5.69 Å². The number of aryl methyl sites for hydroxylation is 1. The second kappa shape index (κ2) is 8.36. The van der Waals surface area contributed by atoms with Gasteiger partial charge in [0.05, 0.1) is 11.8 Å². The van der Waals surface area contributed by atoms with Crippen LogP contribution in [-0.4, -0.2) is 46.5 Å². The summed E-state index contributed by atoms with van der Waals surface area (Å²) in [5, 5.41) is 7.25. The maximum Gasteiger partial charge on any atom is 0.321 e. The number of nitrogens with one attached hydrogen (secondary N) is 1. The maximum atomic E-state index is 12.5. The monoisotopic (exact) mass is 356 g/mol. The van der Waals surface area contributed by atoms with Crippen LogP contribution in [0.15, 0.2) is 36.7 Å². The smallest absolute Gasteiger partial charge is 0.321 e. The van der Waals surface area contributed by atoms with E-state index in [1.54, 1.807) is 10.9 Å². The number of amides is 2. The molecule has 2 amide bonds. The van der Waals surface area contributed by atoms with Crippen LogP contribution < -0.4 is 5.32 Å². The van der Waals surface area contributed by atoms with Crippen molar-refractivity contribution >= 4 is 11.7 Å². The molecule has 0 bridgehead atoms. The molecule has 1 aromatic carbocycles. The highest BCUT2D eigenvalue weighted by Gasteiger charge is 2.27. The van der Waals surface area contributed by atoms with Gasteiger partial charge in [0.2, 0.25) is 0 Å². The van der Waals surface area contributed by atoms with Crippen molar-refractivity contribution in [3.05, 3.63) is 42.2 Å². The molecule has 1 aromatic heterocycles. The lowest BCUT2D eigenvalue weighted by molar-refractivity contribution is 0.0547. The second-order valence-electron chi connectivity index (χ2n) is 7.29. The van der Waals surface area contributed by atoms with Gasteiger partial charge in [-0.3, -0.25) is 0 Å². The molecule has 1 saturated heterocycles. The molecular weight excluding hydrogens is 328 g/mol. The van der Waals surface area contributed by atoms with Crippen LogP contribution in [-0.2, 0) is 4.74 Å². The van der Waals surface area contributed by atoms with E-state index in [4.69, 9.17) is 4.74 Å². The average Bonchev–Trinajstić information content (AvgIpc) is 3.28. The Kier molecular flexibility index (Phi) is 5.93. The number of carbonyl (C=O) groups excluding carboxylic acids is 1. The first-order valence-corrected chi connectivity index (χ1v) is 9.31. The SMILES string of the molecule is Cc1cc(-n2cccn2)ccc1NC(=O)N1CC[C@H](OCCC(C)C)C1. The minimum atomic E-state index is -0.0603. The number of aromatic nitrogens is 2. The summed E-state index contributed by atoms with van der Waals surface area (Å²) >= 11 is 0. The molecule has 0 saturated carbocycles. The highest BCUT2D eigenvalue weighted by Crippen LogP contribution is 2.21. The molecule has 2 aromatic rings. The summed E-state index contributed by atoms with van der Waals surface area (Å²) in [5.41, 5.74) is 2.82. The van der Waals surface area contributed by atoms with Gasteiger partial charge in [0.15, 0.2) is 0 Å². The van der Waals surface area contributed by atoms with Crippen molar-refractivity contribution in [3.63, 3.8) is 0 Å². The topological polar surface area (TPSA) is 59.4 Å². The number of anilines is 1. The van der Waals surface area contributed by atoms with Crippen molar-refractivity contribution in [2.75, 3.05) is 25.0 Å². The molecule has 1 atom stereocenters. The van der Waals surface area contributed by atoms with E-state index in [1.807, 2.05) is 42.3 Å². The van der Waals surface area contributed by atoms with Crippen molar-refractivity contribution in [2.24, 2.45) is 5.92 Å². The van der Waals surface area contributed by atoms with E-state index < -0.39 is 0 Å². The van der Waals surface area contributed by atoms with E-state index in [0.29, 0.717) is 12.5 Å². The van der Waals surface area contributed by atoms with Gasteiger partial charge >= 0.3 is 6.03 Å². The van der Waals surface area contributed by atoms with Crippen LogP contribution in [0.4, 0.5) is 10.5 Å². The molecule has 6 nitrogen and oxygen atoms in total. The average molecular weight is 356 g/mol. The van der Waals surface area contributed by atoms with Crippen LogP contribution >= 0.6 is 0 Å². The van der Waals surface area contributed by atoms with Crippen molar-refractivity contribution in [1.82, 2.24) is 14.7 Å². The zero-order chi connectivity index (χ0) is 18.5. The van der Waals surface area contributed by atoms with E-state index in [9.17, 15) is 4.79 Å². The quantitative estimate of drug-likeness (QED) is 0.855. The summed E-state index contributed by atoms with van der Waals surface area (Å²) in [6.45, 7) is 8.54. The number of ether oxygens (including phenoxy) is 1. The Balaban J connectivity index is 1.53. The van der Waals surface area contributed by atoms with Crippen LogP contribution in [0.3, 0.4) is 0 Å². The number of urea groups is 1. The number of carbonyl (C=O) groups is 1. The molecule has 0 unspecified atom stereocenters. The van der Waals surface area contributed by atoms with Crippen LogP contribution in [0, 0.1) is 12.8 Å². The zero-order valence-electron chi connectivity index (χ0n) is 15.8. The Morgan fingerprint density at radius 2 is 2.27 bits per heavy atom. The van der Waals surface area contributed by atoms with Crippen molar-refractivity contribution < 1.29 is 9.53 Å². The van der Waals surface area contributed by atoms with Crippen molar-refractivity contribution in [2.45, 2.75) is 39.7 Å². The number of benzene rings is 1. The van der Waals surface area contributed by atoms with Gasteiger partial charge in [0, 0.05) is 37.8 Å². The molecule has 1 aliphatic rings. The molecule has 0 spiro atoms. The molecule has 0 radical (unpaired) electrons. The molecule has 3 rings (SSSR count). The fourth-order valence-electron chi connectivity index (χ4n) is 3.07. The van der Waals surface area contributed by atoms with Gasteiger partial charge in [-0.25, -0.2) is 9.48 Å². The van der Waals surface area contributed by atoms with Crippen LogP contribution in [0.1, 0.15) is 32.3 Å². The summed E-state index contributed by atoms with van der Waals surface area (Å²) in [7, 11) is 0. The summed E-state index contributed by atoms with van der Waals surface area (Å²) in [5.74, 6) is 0.642. The standard InChI is InChI=1S/C20H28N4O2/c1-15(2)8-12-26-18-7-11-23(14-18)20(25)22-19-6-5-17(13-16(19)3)24-10-4-9-21-24/h4-6,9-10,13,15,18H,7-8,11-12,14H2,1-3H3,(H,22,25)/t18-/m0/s1. The lowest BCUT2D eigenvalue weighted by Gasteiger charge is -2.19. The highest BCUT2D eigenvalue weighted by atomic mass is 16.5. The third kappa shape index (κ3) is 4.64. The highest BCUT2D eigenvalue weighted by molar-refractivity contribution is 5.90. The van der Waals surface area contributed by atoms with Gasteiger partial charge in [0.25, 0.3) is 0 Å². The van der Waals surface area contributed by atoms with E-state index in [2.05, 4.69) is 24.3 Å². The summed E-state index contributed by atoms with van der Waals surface area (Å²) < 4.78 is 7.70. The van der Waals surface area contributed by atoms with Crippen molar-refractivity contribution in [3.8, 4) is 5.69 Å². The van der Waals surface area contributed by atoms with E-state index in [-0.39, 0.29) is 12.1 Å². The number of likely N-dealkylation sites (tertiary alicyclic amines) is 1. The minimum absolute atomic E-state index is 0.0603. The normalized spacial score (nSPS) is 17.1. The van der Waals surface area contributed by atoms with Gasteiger partial charge in [-0.1, -0.05) is 13.8 Å². The maximum absolute atomic E-state index is 12.5. The second-order valence-corrected chi connectivity index (χ2v) is 7.29. The van der Waals surface area contributed by atoms with Gasteiger partial charge < -0.3 is 15.0 Å². The Morgan fingerprint density at radius 1 is 1.42 bits per heavy atom. The molecule has 140 valence electrons. The van der Waals surface area contributed by atoms with Gasteiger partial charge in [0.1, 0.15) is 0 Å². The van der Waals surface area contributed by atoms with Crippen LogP contribution in [0.5, 0.6) is 0 Å². The Morgan fingerprint density at radius 3 is 2.96 bits per heavy atom. The third-order valence-corrected chi connectivity index (χ3v) is 4.70. The number of rotatable bonds is 6. The number of hydrogen-bond acceptors (Lipinski definition) is 3. The Labute approximate surface area is 155 Å². The largest absolute Gasteiger partial charge is 0.376 e. The predicted molar refractivity (Wildman–Crippen MR) is 103 cm³/mol. The van der Waals surface area contributed by atoms with Gasteiger partial charge in [-0.15, -0.1) is 0 Å². The predicted octanol–water partition coefficient (Wildman–Crippen LogP) is 3.85. The third-order valence-electron chi connectivity index (χ3n) is 4.70. The molecule has 2 heterocycles. The van der Waals surface area contributed by atoms with E-state index in [1.165, 1.54) is 0 Å². The van der Waals surface area contributed by atoms with Gasteiger partial charge in [-0.05, 0) is 55.5 Å². The molecule has 6 heteroatoms. The first-order chi connectivity index (χ1) is 12.5. The molecule has 1 N–H and O–H groups in total. The summed E-state index contributed by atoms with van der Waals surface area (Å²) in [6.07, 6.45) is 5.77. The summed E-state index contributed by atoms with van der Waals surface area (Å²) in [6, 6.07) is 7.73. The number of hydrogen-bond donors (Lipinski definition) is 1. The fourth-order valence-corrected chi connectivity index (χ4v) is 3.07. The first kappa shape index (κ1) is 18.5. The molecule has 0 aliphatic carbocycles. The molecule has 1 aliphatic heterocycles. The van der Waals surface area contributed by atoms with Crippen molar-refractivity contribution in [1.29, 1.82) is 0 Å². The minimum Gasteiger partial charge on any atom is -0.376 e. The lowest BCUT2D eigenvalue weighted by atomic mass is 10.1. The zero-order valence-corrected chi connectivity index (χ0v) is 15.8. The molecular formula is C20H28N4O2. The lowest BCUT2D eigenvalue weighted by Crippen LogP contribution is -2.34. The first-order valence-electron chi connectivity index (χ1n) is 9.31. The van der Waals surface area contributed by atoms with Gasteiger partial charge in [-0.2, -0.15) is 5.10 Å². The molecule has 26 heavy (non-hydrogen) atoms. The van der Waals surface area contributed by atoms with E-state index in [0.717, 1.165) is 42.9 Å².